The lowest BCUT2D eigenvalue weighted by molar-refractivity contribution is 0.232. The van der Waals surface area contributed by atoms with Crippen LogP contribution in [0, 0.1) is 5.41 Å². The van der Waals surface area contributed by atoms with E-state index in [2.05, 4.69) is 29.1 Å². The van der Waals surface area contributed by atoms with Crippen molar-refractivity contribution in [3.63, 3.8) is 0 Å². The van der Waals surface area contributed by atoms with E-state index in [-0.39, 0.29) is 0 Å². The molecule has 1 aromatic heterocycles. The fraction of sp³-hybridized carbons (Fsp3) is 0.692. The van der Waals surface area contributed by atoms with Crippen molar-refractivity contribution < 1.29 is 0 Å². The van der Waals surface area contributed by atoms with Crippen molar-refractivity contribution in [3.8, 4) is 0 Å². The molecule has 0 atom stereocenters. The number of rotatable bonds is 3. The van der Waals surface area contributed by atoms with Gasteiger partial charge >= 0.3 is 0 Å². The van der Waals surface area contributed by atoms with Crippen LogP contribution in [0.4, 0.5) is 5.82 Å². The Kier molecular flexibility index (Phi) is 4.38. The Balaban J connectivity index is 2.00. The van der Waals surface area contributed by atoms with Crippen molar-refractivity contribution in [3.05, 3.63) is 11.2 Å². The molecule has 0 saturated heterocycles. The van der Waals surface area contributed by atoms with Crippen LogP contribution in [-0.4, -0.2) is 22.3 Å². The van der Waals surface area contributed by atoms with E-state index in [9.17, 15) is 0 Å². The van der Waals surface area contributed by atoms with E-state index in [0.29, 0.717) is 16.6 Å². The molecule has 0 bridgehead atoms. The second kappa shape index (κ2) is 5.66. The third kappa shape index (κ3) is 3.75. The molecule has 100 valence electrons. The van der Waals surface area contributed by atoms with Gasteiger partial charge in [-0.05, 0) is 37.4 Å². The molecule has 1 aromatic rings. The van der Waals surface area contributed by atoms with Crippen LogP contribution in [0.1, 0.15) is 39.5 Å². The fourth-order valence-corrected chi connectivity index (χ4v) is 2.93. The molecule has 1 saturated carbocycles. The lowest BCUT2D eigenvalue weighted by Gasteiger charge is -2.34. The monoisotopic (exact) mass is 285 g/mol. The van der Waals surface area contributed by atoms with Crippen LogP contribution in [0.25, 0.3) is 0 Å². The van der Waals surface area contributed by atoms with Crippen LogP contribution < -0.4 is 5.32 Å². The standard InChI is InChI=1S/C13H20ClN3S/c1-13(2)6-4-9(5-7-13)15-11-8-10(14)16-12(17-11)18-3/h8-9H,4-7H2,1-3H3,(H,15,16,17). The summed E-state index contributed by atoms with van der Waals surface area (Å²) in [6, 6.07) is 2.32. The Hall–Kier alpha value is -0.480. The number of hydrogen-bond donors (Lipinski definition) is 1. The zero-order valence-corrected chi connectivity index (χ0v) is 12.7. The molecular weight excluding hydrogens is 266 g/mol. The third-order valence-corrected chi connectivity index (χ3v) is 4.29. The Morgan fingerprint density at radius 3 is 2.61 bits per heavy atom. The maximum absolute atomic E-state index is 5.99. The lowest BCUT2D eigenvalue weighted by Crippen LogP contribution is -2.30. The summed E-state index contributed by atoms with van der Waals surface area (Å²) in [4.78, 5) is 8.58. The number of nitrogens with zero attached hydrogens (tertiary/aromatic N) is 2. The molecule has 18 heavy (non-hydrogen) atoms. The SMILES string of the molecule is CSc1nc(Cl)cc(NC2CCC(C)(C)CC2)n1. The molecule has 1 aliphatic carbocycles. The van der Waals surface area contributed by atoms with E-state index in [0.717, 1.165) is 11.0 Å². The first-order valence-corrected chi connectivity index (χ1v) is 7.94. The molecule has 3 nitrogen and oxygen atoms in total. The summed E-state index contributed by atoms with van der Waals surface area (Å²) < 4.78 is 0. The molecule has 1 fully saturated rings. The van der Waals surface area contributed by atoms with Crippen LogP contribution in [0.2, 0.25) is 5.15 Å². The summed E-state index contributed by atoms with van der Waals surface area (Å²) in [5.41, 5.74) is 0.492. The maximum Gasteiger partial charge on any atom is 0.190 e. The van der Waals surface area contributed by atoms with Gasteiger partial charge in [0.15, 0.2) is 5.16 Å². The third-order valence-electron chi connectivity index (χ3n) is 3.55. The second-order valence-corrected chi connectivity index (χ2v) is 6.81. The van der Waals surface area contributed by atoms with Crippen LogP contribution in [0.3, 0.4) is 0 Å². The highest BCUT2D eigenvalue weighted by molar-refractivity contribution is 7.98. The van der Waals surface area contributed by atoms with Gasteiger partial charge in [0.05, 0.1) is 0 Å². The fourth-order valence-electron chi connectivity index (χ4n) is 2.31. The minimum Gasteiger partial charge on any atom is -0.367 e. The van der Waals surface area contributed by atoms with Gasteiger partial charge in [0.1, 0.15) is 11.0 Å². The van der Waals surface area contributed by atoms with Gasteiger partial charge < -0.3 is 5.32 Å². The molecule has 5 heteroatoms. The van der Waals surface area contributed by atoms with Crippen molar-refractivity contribution in [1.29, 1.82) is 0 Å². The Bertz CT molecular complexity index is 413. The van der Waals surface area contributed by atoms with E-state index in [1.165, 1.54) is 37.4 Å². The minimum atomic E-state index is 0.492. The summed E-state index contributed by atoms with van der Waals surface area (Å²) >= 11 is 7.50. The van der Waals surface area contributed by atoms with Crippen molar-refractivity contribution >= 4 is 29.2 Å². The van der Waals surface area contributed by atoms with E-state index < -0.39 is 0 Å². The number of halogens is 1. The Morgan fingerprint density at radius 1 is 1.33 bits per heavy atom. The van der Waals surface area contributed by atoms with Gasteiger partial charge in [-0.3, -0.25) is 0 Å². The normalized spacial score (nSPS) is 19.8. The van der Waals surface area contributed by atoms with E-state index in [1.54, 1.807) is 6.07 Å². The molecule has 1 aliphatic rings. The average molecular weight is 286 g/mol. The van der Waals surface area contributed by atoms with Gasteiger partial charge in [-0.1, -0.05) is 37.2 Å². The van der Waals surface area contributed by atoms with Crippen LogP contribution >= 0.6 is 23.4 Å². The zero-order chi connectivity index (χ0) is 13.2. The first kappa shape index (κ1) is 13.9. The number of thioether (sulfide) groups is 1. The van der Waals surface area contributed by atoms with Gasteiger partial charge in [-0.25, -0.2) is 9.97 Å². The molecule has 0 spiro atoms. The summed E-state index contributed by atoms with van der Waals surface area (Å²) in [7, 11) is 0. The average Bonchev–Trinajstić information content (AvgIpc) is 2.31. The van der Waals surface area contributed by atoms with Crippen molar-refractivity contribution in [1.82, 2.24) is 9.97 Å². The van der Waals surface area contributed by atoms with E-state index in [4.69, 9.17) is 11.6 Å². The predicted octanol–water partition coefficient (Wildman–Crippen LogP) is 4.23. The first-order chi connectivity index (χ1) is 8.48. The van der Waals surface area contributed by atoms with Crippen molar-refractivity contribution in [2.75, 3.05) is 11.6 Å². The van der Waals surface area contributed by atoms with Gasteiger partial charge in [0.2, 0.25) is 0 Å². The number of aromatic nitrogens is 2. The summed E-state index contributed by atoms with van der Waals surface area (Å²) in [5, 5.41) is 4.72. The van der Waals surface area contributed by atoms with Gasteiger partial charge in [0, 0.05) is 12.1 Å². The van der Waals surface area contributed by atoms with Crippen LogP contribution in [0.15, 0.2) is 11.2 Å². The molecule has 0 radical (unpaired) electrons. The number of hydrogen-bond acceptors (Lipinski definition) is 4. The van der Waals surface area contributed by atoms with Gasteiger partial charge in [-0.15, -0.1) is 0 Å². The van der Waals surface area contributed by atoms with E-state index in [1.807, 2.05) is 6.26 Å². The highest BCUT2D eigenvalue weighted by Gasteiger charge is 2.26. The molecule has 0 amide bonds. The molecule has 1 heterocycles. The van der Waals surface area contributed by atoms with Crippen LogP contribution in [-0.2, 0) is 0 Å². The van der Waals surface area contributed by atoms with Gasteiger partial charge in [-0.2, -0.15) is 0 Å². The predicted molar refractivity (Wildman–Crippen MR) is 78.5 cm³/mol. The smallest absolute Gasteiger partial charge is 0.190 e. The quantitative estimate of drug-likeness (QED) is 0.512. The lowest BCUT2D eigenvalue weighted by atomic mass is 9.75. The molecule has 0 unspecified atom stereocenters. The maximum atomic E-state index is 5.99. The largest absolute Gasteiger partial charge is 0.367 e. The first-order valence-electron chi connectivity index (χ1n) is 6.34. The Morgan fingerprint density at radius 2 is 2.00 bits per heavy atom. The minimum absolute atomic E-state index is 0.492. The Labute approximate surface area is 118 Å². The second-order valence-electron chi connectivity index (χ2n) is 5.65. The van der Waals surface area contributed by atoms with E-state index >= 15 is 0 Å². The molecular formula is C13H20ClN3S. The summed E-state index contributed by atoms with van der Waals surface area (Å²) in [6.07, 6.45) is 6.88. The summed E-state index contributed by atoms with van der Waals surface area (Å²) in [6.45, 7) is 4.69. The zero-order valence-electron chi connectivity index (χ0n) is 11.2. The summed E-state index contributed by atoms with van der Waals surface area (Å²) in [5.74, 6) is 0.851. The molecule has 2 rings (SSSR count). The van der Waals surface area contributed by atoms with Crippen molar-refractivity contribution in [2.45, 2.75) is 50.7 Å². The van der Waals surface area contributed by atoms with Crippen LogP contribution in [0.5, 0.6) is 0 Å². The highest BCUT2D eigenvalue weighted by Crippen LogP contribution is 2.36. The molecule has 1 N–H and O–H groups in total. The number of anilines is 1. The van der Waals surface area contributed by atoms with Crippen molar-refractivity contribution in [2.24, 2.45) is 5.41 Å². The topological polar surface area (TPSA) is 37.8 Å². The highest BCUT2D eigenvalue weighted by atomic mass is 35.5. The molecule has 0 aromatic carbocycles. The number of nitrogens with one attached hydrogen (secondary N) is 1. The van der Waals surface area contributed by atoms with Gasteiger partial charge in [0.25, 0.3) is 0 Å². The molecule has 0 aliphatic heterocycles.